The zero-order valence-corrected chi connectivity index (χ0v) is 9.55. The molecule has 0 spiro atoms. The maximum atomic E-state index is 5.73. The van der Waals surface area contributed by atoms with Crippen molar-refractivity contribution < 1.29 is 4.74 Å². The van der Waals surface area contributed by atoms with E-state index in [-0.39, 0.29) is 5.54 Å². The van der Waals surface area contributed by atoms with Gasteiger partial charge in [-0.05, 0) is 32.6 Å². The molecule has 1 saturated carbocycles. The van der Waals surface area contributed by atoms with Crippen LogP contribution in [0.1, 0.15) is 46.5 Å². The molecular weight excluding hydrogens is 174 g/mol. The number of hydrogen-bond donors (Lipinski definition) is 0. The van der Waals surface area contributed by atoms with Gasteiger partial charge in [-0.25, -0.2) is 4.99 Å². The van der Waals surface area contributed by atoms with Crippen molar-refractivity contribution in [1.29, 1.82) is 0 Å². The predicted octanol–water partition coefficient (Wildman–Crippen LogP) is 3.02. The zero-order chi connectivity index (χ0) is 10.2. The van der Waals surface area contributed by atoms with Gasteiger partial charge in [-0.3, -0.25) is 0 Å². The van der Waals surface area contributed by atoms with Crippen molar-refractivity contribution in [2.24, 2.45) is 16.8 Å². The first kappa shape index (κ1) is 10.0. The summed E-state index contributed by atoms with van der Waals surface area (Å²) in [6.45, 7) is 7.40. The van der Waals surface area contributed by atoms with E-state index in [0.717, 1.165) is 18.4 Å². The minimum absolute atomic E-state index is 0.0203. The van der Waals surface area contributed by atoms with Gasteiger partial charge in [0.2, 0.25) is 0 Å². The van der Waals surface area contributed by atoms with Crippen molar-refractivity contribution >= 4 is 5.90 Å². The van der Waals surface area contributed by atoms with Gasteiger partial charge in [0.15, 0.2) is 5.90 Å². The lowest BCUT2D eigenvalue weighted by Crippen LogP contribution is -2.25. The smallest absolute Gasteiger partial charge is 0.187 e. The van der Waals surface area contributed by atoms with E-state index in [1.54, 1.807) is 0 Å². The second-order valence-electron chi connectivity index (χ2n) is 5.42. The summed E-state index contributed by atoms with van der Waals surface area (Å²) >= 11 is 0. The van der Waals surface area contributed by atoms with E-state index in [0.29, 0.717) is 5.92 Å². The summed E-state index contributed by atoms with van der Waals surface area (Å²) < 4.78 is 5.73. The Morgan fingerprint density at radius 3 is 2.57 bits per heavy atom. The highest BCUT2D eigenvalue weighted by molar-refractivity contribution is 5.81. The van der Waals surface area contributed by atoms with E-state index in [4.69, 9.17) is 4.74 Å². The van der Waals surface area contributed by atoms with Gasteiger partial charge >= 0.3 is 0 Å². The zero-order valence-electron chi connectivity index (χ0n) is 9.55. The summed E-state index contributed by atoms with van der Waals surface area (Å²) in [5.41, 5.74) is 0.0203. The SMILES string of the molecule is CC1CCCCC1C1=NC(C)(C)CO1. The van der Waals surface area contributed by atoms with Crippen LogP contribution in [0.15, 0.2) is 4.99 Å². The van der Waals surface area contributed by atoms with Crippen LogP contribution < -0.4 is 0 Å². The molecule has 0 aromatic carbocycles. The van der Waals surface area contributed by atoms with Gasteiger partial charge < -0.3 is 4.74 Å². The Kier molecular flexibility index (Phi) is 2.54. The summed E-state index contributed by atoms with van der Waals surface area (Å²) in [6, 6.07) is 0. The Bertz CT molecular complexity index is 245. The molecule has 2 heteroatoms. The maximum absolute atomic E-state index is 5.73. The summed E-state index contributed by atoms with van der Waals surface area (Å²) in [6.07, 6.45) is 5.34. The highest BCUT2D eigenvalue weighted by atomic mass is 16.5. The van der Waals surface area contributed by atoms with Gasteiger partial charge in [0, 0.05) is 5.92 Å². The fourth-order valence-corrected chi connectivity index (χ4v) is 2.49. The molecule has 14 heavy (non-hydrogen) atoms. The maximum Gasteiger partial charge on any atom is 0.187 e. The van der Waals surface area contributed by atoms with Crippen molar-refractivity contribution in [2.75, 3.05) is 6.61 Å². The lowest BCUT2D eigenvalue weighted by molar-refractivity contribution is 0.233. The fraction of sp³-hybridized carbons (Fsp3) is 0.917. The standard InChI is InChI=1S/C12H21NO/c1-9-6-4-5-7-10(9)11-13-12(2,3)8-14-11/h9-10H,4-8H2,1-3H3. The molecule has 0 amide bonds. The van der Waals surface area contributed by atoms with E-state index in [2.05, 4.69) is 25.8 Å². The van der Waals surface area contributed by atoms with Gasteiger partial charge in [0.05, 0.1) is 5.54 Å². The third-order valence-electron chi connectivity index (χ3n) is 3.41. The van der Waals surface area contributed by atoms with Crippen LogP contribution in [-0.2, 0) is 4.74 Å². The average molecular weight is 195 g/mol. The molecule has 80 valence electrons. The van der Waals surface area contributed by atoms with Gasteiger partial charge in [0.1, 0.15) is 6.61 Å². The normalized spacial score (nSPS) is 36.4. The molecule has 0 N–H and O–H groups in total. The highest BCUT2D eigenvalue weighted by Crippen LogP contribution is 2.34. The van der Waals surface area contributed by atoms with Gasteiger partial charge in [-0.1, -0.05) is 19.8 Å². The van der Waals surface area contributed by atoms with Crippen LogP contribution in [0.4, 0.5) is 0 Å². The van der Waals surface area contributed by atoms with Crippen LogP contribution in [0.25, 0.3) is 0 Å². The molecule has 1 aliphatic heterocycles. The van der Waals surface area contributed by atoms with Crippen molar-refractivity contribution in [3.63, 3.8) is 0 Å². The van der Waals surface area contributed by atoms with Crippen molar-refractivity contribution in [2.45, 2.75) is 52.0 Å². The van der Waals surface area contributed by atoms with E-state index in [1.807, 2.05) is 0 Å². The van der Waals surface area contributed by atoms with Gasteiger partial charge in [-0.2, -0.15) is 0 Å². The lowest BCUT2D eigenvalue weighted by atomic mass is 9.80. The number of nitrogens with zero attached hydrogens (tertiary/aromatic N) is 1. The fourth-order valence-electron chi connectivity index (χ4n) is 2.49. The molecular formula is C12H21NO. The molecule has 2 atom stereocenters. The summed E-state index contributed by atoms with van der Waals surface area (Å²) in [5, 5.41) is 0. The first-order valence-corrected chi connectivity index (χ1v) is 5.81. The van der Waals surface area contributed by atoms with Crippen molar-refractivity contribution in [1.82, 2.24) is 0 Å². The quantitative estimate of drug-likeness (QED) is 0.630. The summed E-state index contributed by atoms with van der Waals surface area (Å²) in [7, 11) is 0. The van der Waals surface area contributed by atoms with Gasteiger partial charge in [-0.15, -0.1) is 0 Å². The summed E-state index contributed by atoms with van der Waals surface area (Å²) in [5.74, 6) is 2.41. The molecule has 1 aliphatic carbocycles. The second kappa shape index (κ2) is 3.56. The Hall–Kier alpha value is -0.530. The molecule has 0 aromatic heterocycles. The van der Waals surface area contributed by atoms with Crippen LogP contribution in [-0.4, -0.2) is 18.0 Å². The van der Waals surface area contributed by atoms with E-state index in [1.165, 1.54) is 25.7 Å². The number of aliphatic imine (C=N–C) groups is 1. The topological polar surface area (TPSA) is 21.6 Å². The predicted molar refractivity (Wildman–Crippen MR) is 58.6 cm³/mol. The first-order chi connectivity index (χ1) is 6.58. The van der Waals surface area contributed by atoms with Crippen LogP contribution in [0.5, 0.6) is 0 Å². The van der Waals surface area contributed by atoms with Crippen LogP contribution in [0.2, 0.25) is 0 Å². The molecule has 0 bridgehead atoms. The minimum Gasteiger partial charge on any atom is -0.478 e. The van der Waals surface area contributed by atoms with Crippen molar-refractivity contribution in [3.05, 3.63) is 0 Å². The lowest BCUT2D eigenvalue weighted by Gasteiger charge is -2.27. The molecule has 2 nitrogen and oxygen atoms in total. The molecule has 0 saturated heterocycles. The van der Waals surface area contributed by atoms with E-state index >= 15 is 0 Å². The first-order valence-electron chi connectivity index (χ1n) is 5.81. The molecule has 1 heterocycles. The minimum atomic E-state index is 0.0203. The largest absolute Gasteiger partial charge is 0.478 e. The third kappa shape index (κ3) is 1.94. The van der Waals surface area contributed by atoms with Crippen LogP contribution in [0, 0.1) is 11.8 Å². The Morgan fingerprint density at radius 2 is 2.00 bits per heavy atom. The molecule has 0 aromatic rings. The van der Waals surface area contributed by atoms with Crippen LogP contribution >= 0.6 is 0 Å². The number of rotatable bonds is 1. The Labute approximate surface area is 86.8 Å². The van der Waals surface area contributed by atoms with Crippen LogP contribution in [0.3, 0.4) is 0 Å². The van der Waals surface area contributed by atoms with E-state index < -0.39 is 0 Å². The molecule has 2 unspecified atom stereocenters. The van der Waals surface area contributed by atoms with E-state index in [9.17, 15) is 0 Å². The summed E-state index contributed by atoms with van der Waals surface area (Å²) in [4.78, 5) is 4.69. The Balaban J connectivity index is 2.07. The number of hydrogen-bond acceptors (Lipinski definition) is 2. The molecule has 0 radical (unpaired) electrons. The van der Waals surface area contributed by atoms with Crippen molar-refractivity contribution in [3.8, 4) is 0 Å². The van der Waals surface area contributed by atoms with Gasteiger partial charge in [0.25, 0.3) is 0 Å². The molecule has 2 aliphatic rings. The average Bonchev–Trinajstić information content (AvgIpc) is 2.47. The molecule has 1 fully saturated rings. The highest BCUT2D eigenvalue weighted by Gasteiger charge is 2.34. The Morgan fingerprint density at radius 1 is 1.29 bits per heavy atom. The third-order valence-corrected chi connectivity index (χ3v) is 3.41. The monoisotopic (exact) mass is 195 g/mol. The molecule has 2 rings (SSSR count). The number of ether oxygens (including phenoxy) is 1. The second-order valence-corrected chi connectivity index (χ2v) is 5.42.